The third-order valence-electron chi connectivity index (χ3n) is 3.35. The lowest BCUT2D eigenvalue weighted by atomic mass is 10.1. The second-order valence-electron chi connectivity index (χ2n) is 5.13. The fraction of sp³-hybridized carbons (Fsp3) is 0.235. The van der Waals surface area contributed by atoms with Gasteiger partial charge < -0.3 is 5.32 Å². The zero-order valence-electron chi connectivity index (χ0n) is 12.5. The third kappa shape index (κ3) is 5.40. The first-order chi connectivity index (χ1) is 10.9. The Morgan fingerprint density at radius 2 is 1.65 bits per heavy atom. The first-order valence-corrected chi connectivity index (χ1v) is 8.22. The number of carbonyl (C=O) groups is 1. The molecular formula is C17H17Cl3N2O. The summed E-state index contributed by atoms with van der Waals surface area (Å²) >= 11 is 18.0. The lowest BCUT2D eigenvalue weighted by Crippen LogP contribution is -2.53. The van der Waals surface area contributed by atoms with Crippen LogP contribution in [0.4, 0.5) is 0 Å². The monoisotopic (exact) mass is 370 g/mol. The lowest BCUT2D eigenvalue weighted by Gasteiger charge is -2.27. The second kappa shape index (κ2) is 8.02. The quantitative estimate of drug-likeness (QED) is 0.610. The maximum atomic E-state index is 12.4. The highest BCUT2D eigenvalue weighted by molar-refractivity contribution is 6.68. The van der Waals surface area contributed by atoms with Gasteiger partial charge in [0.15, 0.2) is 0 Å². The van der Waals surface area contributed by atoms with E-state index in [4.69, 9.17) is 34.8 Å². The number of nitrogens with one attached hydrogen (secondary N) is 2. The van der Waals surface area contributed by atoms with Crippen molar-refractivity contribution in [1.82, 2.24) is 10.6 Å². The van der Waals surface area contributed by atoms with Gasteiger partial charge in [-0.05, 0) is 24.1 Å². The van der Waals surface area contributed by atoms with Crippen molar-refractivity contribution < 1.29 is 4.79 Å². The predicted octanol–water partition coefficient (Wildman–Crippen LogP) is 4.21. The number of hydrogen-bond donors (Lipinski definition) is 2. The Bertz CT molecular complexity index is 656. The van der Waals surface area contributed by atoms with Crippen molar-refractivity contribution in [3.63, 3.8) is 0 Å². The van der Waals surface area contributed by atoms with E-state index in [2.05, 4.69) is 10.6 Å². The molecule has 0 aromatic heterocycles. The number of carbonyl (C=O) groups excluding carboxylic acids is 1. The van der Waals surface area contributed by atoms with Crippen molar-refractivity contribution in [2.24, 2.45) is 0 Å². The highest BCUT2D eigenvalue weighted by Crippen LogP contribution is 2.29. The largest absolute Gasteiger partial charge is 0.333 e. The molecule has 1 atom stereocenters. The van der Waals surface area contributed by atoms with Gasteiger partial charge in [0, 0.05) is 12.1 Å². The maximum absolute atomic E-state index is 12.4. The number of alkyl halides is 3. The van der Waals surface area contributed by atoms with Crippen molar-refractivity contribution in [1.29, 1.82) is 0 Å². The Kier molecular flexibility index (Phi) is 6.31. The smallest absolute Gasteiger partial charge is 0.252 e. The molecule has 0 radical (unpaired) electrons. The van der Waals surface area contributed by atoms with Crippen LogP contribution in [0, 0.1) is 6.92 Å². The number of rotatable bonds is 5. The Labute approximate surface area is 150 Å². The topological polar surface area (TPSA) is 41.1 Å². The molecule has 2 rings (SSSR count). The van der Waals surface area contributed by atoms with Crippen LogP contribution < -0.4 is 10.6 Å². The predicted molar refractivity (Wildman–Crippen MR) is 96.0 cm³/mol. The van der Waals surface area contributed by atoms with Crippen molar-refractivity contribution in [2.75, 3.05) is 0 Å². The van der Waals surface area contributed by atoms with Crippen molar-refractivity contribution >= 4 is 40.7 Å². The van der Waals surface area contributed by atoms with Crippen LogP contribution in [0.3, 0.4) is 0 Å². The molecule has 0 saturated carbocycles. The van der Waals surface area contributed by atoms with Crippen molar-refractivity contribution in [3.8, 4) is 0 Å². The zero-order valence-corrected chi connectivity index (χ0v) is 14.8. The molecule has 3 nitrogen and oxygen atoms in total. The molecule has 122 valence electrons. The molecule has 2 N–H and O–H groups in total. The van der Waals surface area contributed by atoms with Crippen LogP contribution in [0.1, 0.15) is 21.5 Å². The Morgan fingerprint density at radius 1 is 1.04 bits per heavy atom. The average Bonchev–Trinajstić information content (AvgIpc) is 2.51. The summed E-state index contributed by atoms with van der Waals surface area (Å²) in [6.45, 7) is 2.32. The van der Waals surface area contributed by atoms with E-state index >= 15 is 0 Å². The fourth-order valence-corrected chi connectivity index (χ4v) is 2.50. The minimum Gasteiger partial charge on any atom is -0.333 e. The average molecular weight is 372 g/mol. The van der Waals surface area contributed by atoms with E-state index < -0.39 is 9.96 Å². The molecule has 23 heavy (non-hydrogen) atoms. The van der Waals surface area contributed by atoms with Gasteiger partial charge in [0.2, 0.25) is 3.79 Å². The summed E-state index contributed by atoms with van der Waals surface area (Å²) in [5.41, 5.74) is 2.43. The summed E-state index contributed by atoms with van der Waals surface area (Å²) in [5, 5.41) is 5.81. The van der Waals surface area contributed by atoms with Gasteiger partial charge in [-0.2, -0.15) is 0 Å². The van der Waals surface area contributed by atoms with E-state index in [-0.39, 0.29) is 5.91 Å². The number of benzene rings is 2. The van der Waals surface area contributed by atoms with Crippen LogP contribution in [-0.2, 0) is 6.54 Å². The molecule has 0 bridgehead atoms. The summed E-state index contributed by atoms with van der Waals surface area (Å²) < 4.78 is -1.67. The Balaban J connectivity index is 2.07. The molecule has 0 fully saturated rings. The van der Waals surface area contributed by atoms with Crippen LogP contribution in [0.5, 0.6) is 0 Å². The molecule has 0 heterocycles. The van der Waals surface area contributed by atoms with Gasteiger partial charge in [0.05, 0.1) is 0 Å². The molecular weight excluding hydrogens is 355 g/mol. The summed E-state index contributed by atoms with van der Waals surface area (Å²) in [6.07, 6.45) is -0.820. The van der Waals surface area contributed by atoms with Crippen LogP contribution in [0.25, 0.3) is 0 Å². The Morgan fingerprint density at radius 3 is 2.26 bits per heavy atom. The summed E-state index contributed by atoms with van der Waals surface area (Å²) in [7, 11) is 0. The minimum absolute atomic E-state index is 0.292. The van der Waals surface area contributed by atoms with Crippen LogP contribution in [0.2, 0.25) is 0 Å². The fourth-order valence-electron chi connectivity index (χ4n) is 2.10. The summed E-state index contributed by atoms with van der Waals surface area (Å²) in [4.78, 5) is 12.4. The van der Waals surface area contributed by atoms with E-state index in [0.717, 1.165) is 11.1 Å². The molecule has 0 aliphatic rings. The van der Waals surface area contributed by atoms with E-state index in [0.29, 0.717) is 12.1 Å². The van der Waals surface area contributed by atoms with E-state index in [1.807, 2.05) is 49.4 Å². The minimum atomic E-state index is -1.67. The van der Waals surface area contributed by atoms with Crippen LogP contribution in [0.15, 0.2) is 54.6 Å². The van der Waals surface area contributed by atoms with Gasteiger partial charge in [-0.3, -0.25) is 10.1 Å². The molecule has 0 aliphatic heterocycles. The SMILES string of the molecule is Cc1ccccc1C(=O)N[C@@H](NCc1ccccc1)C(Cl)(Cl)Cl. The second-order valence-corrected chi connectivity index (χ2v) is 7.50. The van der Waals surface area contributed by atoms with Gasteiger partial charge >= 0.3 is 0 Å². The van der Waals surface area contributed by atoms with Crippen LogP contribution in [-0.4, -0.2) is 15.9 Å². The highest BCUT2D eigenvalue weighted by Gasteiger charge is 2.33. The molecule has 0 unspecified atom stereocenters. The molecule has 6 heteroatoms. The van der Waals surface area contributed by atoms with E-state index in [9.17, 15) is 4.79 Å². The van der Waals surface area contributed by atoms with Crippen molar-refractivity contribution in [2.45, 2.75) is 23.4 Å². The zero-order chi connectivity index (χ0) is 16.9. The Hall–Kier alpha value is -1.26. The van der Waals surface area contributed by atoms with Crippen LogP contribution >= 0.6 is 34.8 Å². The molecule has 2 aromatic carbocycles. The van der Waals surface area contributed by atoms with Gasteiger partial charge in [-0.15, -0.1) is 0 Å². The van der Waals surface area contributed by atoms with E-state index in [1.54, 1.807) is 12.1 Å². The van der Waals surface area contributed by atoms with Gasteiger partial charge in [0.1, 0.15) is 6.17 Å². The maximum Gasteiger partial charge on any atom is 0.252 e. The molecule has 1 amide bonds. The molecule has 0 spiro atoms. The highest BCUT2D eigenvalue weighted by atomic mass is 35.6. The van der Waals surface area contributed by atoms with Gasteiger partial charge in [-0.25, -0.2) is 0 Å². The third-order valence-corrected chi connectivity index (χ3v) is 4.00. The van der Waals surface area contributed by atoms with E-state index in [1.165, 1.54) is 0 Å². The standard InChI is InChI=1S/C17H17Cl3N2O/c1-12-7-5-6-10-14(12)15(23)22-16(17(18,19)20)21-11-13-8-3-2-4-9-13/h2-10,16,21H,11H2,1H3,(H,22,23)/t16-/m1/s1. The molecule has 2 aromatic rings. The normalized spacial score (nSPS) is 12.7. The molecule has 0 aliphatic carbocycles. The number of halogens is 3. The number of amides is 1. The van der Waals surface area contributed by atoms with Gasteiger partial charge in [0.25, 0.3) is 5.91 Å². The summed E-state index contributed by atoms with van der Waals surface area (Å²) in [6, 6.07) is 16.9. The number of aryl methyl sites for hydroxylation is 1. The first-order valence-electron chi connectivity index (χ1n) is 7.08. The summed E-state index contributed by atoms with van der Waals surface area (Å²) in [5.74, 6) is -0.292. The first kappa shape index (κ1) is 18.1. The lowest BCUT2D eigenvalue weighted by molar-refractivity contribution is 0.0928. The number of hydrogen-bond acceptors (Lipinski definition) is 2. The van der Waals surface area contributed by atoms with Crippen molar-refractivity contribution in [3.05, 3.63) is 71.3 Å². The molecule has 0 saturated heterocycles. The van der Waals surface area contributed by atoms with Gasteiger partial charge in [-0.1, -0.05) is 83.3 Å².